The summed E-state index contributed by atoms with van der Waals surface area (Å²) in [7, 11) is 0. The number of anilines is 2. The number of aromatic nitrogens is 2. The van der Waals surface area contributed by atoms with Crippen LogP contribution in [0.15, 0.2) is 30.6 Å². The van der Waals surface area contributed by atoms with Gasteiger partial charge in [-0.2, -0.15) is 0 Å². The summed E-state index contributed by atoms with van der Waals surface area (Å²) in [6.07, 6.45) is 5.73. The molecule has 0 spiro atoms. The maximum absolute atomic E-state index is 13.7. The van der Waals surface area contributed by atoms with Crippen LogP contribution in [0.4, 0.5) is 16.0 Å². The normalized spacial score (nSPS) is 10.6. The predicted octanol–water partition coefficient (Wildman–Crippen LogP) is 4.22. The molecule has 0 bridgehead atoms. The highest BCUT2D eigenvalue weighted by Gasteiger charge is 2.09. The predicted molar refractivity (Wildman–Crippen MR) is 71.8 cm³/mol. The molecule has 2 rings (SSSR count). The average molecular weight is 268 g/mol. The van der Waals surface area contributed by atoms with Gasteiger partial charge in [-0.3, -0.25) is 0 Å². The van der Waals surface area contributed by atoms with Gasteiger partial charge in [0.05, 0.1) is 10.7 Å². The Morgan fingerprint density at radius 2 is 2.28 bits per heavy atom. The Kier molecular flexibility index (Phi) is 4.20. The second-order valence-electron chi connectivity index (χ2n) is 4.02. The van der Waals surface area contributed by atoms with Gasteiger partial charge in [0.25, 0.3) is 0 Å². The number of benzene rings is 1. The summed E-state index contributed by atoms with van der Waals surface area (Å²) in [5.41, 5.74) is 0.339. The smallest absolute Gasteiger partial charge is 0.207 e. The molecule has 96 valence electrons. The monoisotopic (exact) mass is 267 g/mol. The van der Waals surface area contributed by atoms with Crippen LogP contribution in [0.2, 0.25) is 5.02 Å². The van der Waals surface area contributed by atoms with E-state index in [1.807, 2.05) is 10.8 Å². The minimum atomic E-state index is -0.454. The average Bonchev–Trinajstić information content (AvgIpc) is 2.80. The fourth-order valence-corrected chi connectivity index (χ4v) is 1.84. The Hall–Kier alpha value is -1.55. The first-order chi connectivity index (χ1) is 8.72. The number of imidazole rings is 1. The fraction of sp³-hybridized carbons (Fsp3) is 0.308. The van der Waals surface area contributed by atoms with Crippen LogP contribution in [0.3, 0.4) is 0 Å². The Labute approximate surface area is 111 Å². The van der Waals surface area contributed by atoms with E-state index in [9.17, 15) is 4.39 Å². The van der Waals surface area contributed by atoms with Crippen molar-refractivity contribution in [2.45, 2.75) is 26.3 Å². The van der Waals surface area contributed by atoms with E-state index in [0.717, 1.165) is 19.4 Å². The highest BCUT2D eigenvalue weighted by atomic mass is 35.5. The van der Waals surface area contributed by atoms with E-state index < -0.39 is 5.82 Å². The molecule has 0 saturated heterocycles. The summed E-state index contributed by atoms with van der Waals surface area (Å²) >= 11 is 5.74. The van der Waals surface area contributed by atoms with E-state index in [-0.39, 0.29) is 5.02 Å². The van der Waals surface area contributed by atoms with Gasteiger partial charge in [0.15, 0.2) is 5.82 Å². The maximum atomic E-state index is 13.7. The molecule has 0 aliphatic heterocycles. The third-order valence-corrected chi connectivity index (χ3v) is 2.96. The number of hydrogen-bond donors (Lipinski definition) is 1. The van der Waals surface area contributed by atoms with E-state index in [1.165, 1.54) is 6.07 Å². The van der Waals surface area contributed by atoms with Crippen LogP contribution in [0.25, 0.3) is 0 Å². The molecule has 1 aromatic carbocycles. The lowest BCUT2D eigenvalue weighted by atomic mass is 10.3. The topological polar surface area (TPSA) is 29.9 Å². The lowest BCUT2D eigenvalue weighted by Gasteiger charge is -2.10. The van der Waals surface area contributed by atoms with E-state index in [2.05, 4.69) is 17.2 Å². The largest absolute Gasteiger partial charge is 0.323 e. The number of hydrogen-bond acceptors (Lipinski definition) is 2. The molecule has 1 N–H and O–H groups in total. The molecule has 2 aromatic rings. The summed E-state index contributed by atoms with van der Waals surface area (Å²) in [5, 5.41) is 3.07. The molecule has 0 atom stereocenters. The van der Waals surface area contributed by atoms with Gasteiger partial charge in [-0.25, -0.2) is 9.37 Å². The molecule has 0 saturated carbocycles. The van der Waals surface area contributed by atoms with Crippen LogP contribution in [0, 0.1) is 5.82 Å². The molecule has 0 aliphatic rings. The SMILES string of the molecule is CCCCn1ccnc1Nc1cccc(Cl)c1F. The van der Waals surface area contributed by atoms with Crippen molar-refractivity contribution in [3.63, 3.8) is 0 Å². The Bertz CT molecular complexity index is 525. The van der Waals surface area contributed by atoms with Crippen LogP contribution in [0.1, 0.15) is 19.8 Å². The summed E-state index contributed by atoms with van der Waals surface area (Å²) in [5.74, 6) is 0.175. The molecule has 1 heterocycles. The Morgan fingerprint density at radius 3 is 3.06 bits per heavy atom. The van der Waals surface area contributed by atoms with Gasteiger partial charge in [0.1, 0.15) is 0 Å². The van der Waals surface area contributed by atoms with Gasteiger partial charge < -0.3 is 9.88 Å². The molecule has 3 nitrogen and oxygen atoms in total. The van der Waals surface area contributed by atoms with Crippen LogP contribution >= 0.6 is 11.6 Å². The van der Waals surface area contributed by atoms with Gasteiger partial charge in [0.2, 0.25) is 5.95 Å². The third-order valence-electron chi connectivity index (χ3n) is 2.67. The highest BCUT2D eigenvalue weighted by molar-refractivity contribution is 6.31. The van der Waals surface area contributed by atoms with Crippen molar-refractivity contribution < 1.29 is 4.39 Å². The Balaban J connectivity index is 2.18. The molecule has 0 aliphatic carbocycles. The van der Waals surface area contributed by atoms with Crippen LogP contribution in [0.5, 0.6) is 0 Å². The quantitative estimate of drug-likeness (QED) is 0.879. The van der Waals surface area contributed by atoms with Crippen LogP contribution in [-0.2, 0) is 6.54 Å². The number of aryl methyl sites for hydroxylation is 1. The molecule has 18 heavy (non-hydrogen) atoms. The number of unbranched alkanes of at least 4 members (excludes halogenated alkanes) is 1. The second-order valence-corrected chi connectivity index (χ2v) is 4.43. The van der Waals surface area contributed by atoms with Crippen molar-refractivity contribution in [1.82, 2.24) is 9.55 Å². The summed E-state index contributed by atoms with van der Waals surface area (Å²) in [4.78, 5) is 4.18. The van der Waals surface area contributed by atoms with Crippen molar-refractivity contribution in [3.05, 3.63) is 41.4 Å². The molecule has 0 amide bonds. The summed E-state index contributed by atoms with van der Waals surface area (Å²) < 4.78 is 15.7. The zero-order valence-corrected chi connectivity index (χ0v) is 10.9. The first-order valence-corrected chi connectivity index (χ1v) is 6.32. The first kappa shape index (κ1) is 12.9. The molecule has 5 heteroatoms. The molecule has 0 radical (unpaired) electrons. The minimum Gasteiger partial charge on any atom is -0.323 e. The molecule has 1 aromatic heterocycles. The van der Waals surface area contributed by atoms with Crippen molar-refractivity contribution in [2.24, 2.45) is 0 Å². The lowest BCUT2D eigenvalue weighted by Crippen LogP contribution is -2.04. The minimum absolute atomic E-state index is 0.103. The number of nitrogens with one attached hydrogen (secondary N) is 1. The van der Waals surface area contributed by atoms with E-state index in [1.54, 1.807) is 18.3 Å². The van der Waals surface area contributed by atoms with Gasteiger partial charge in [-0.15, -0.1) is 0 Å². The van der Waals surface area contributed by atoms with E-state index >= 15 is 0 Å². The number of rotatable bonds is 5. The second kappa shape index (κ2) is 5.87. The maximum Gasteiger partial charge on any atom is 0.207 e. The Morgan fingerprint density at radius 1 is 1.44 bits per heavy atom. The third kappa shape index (κ3) is 2.82. The van der Waals surface area contributed by atoms with Gasteiger partial charge in [0, 0.05) is 18.9 Å². The van der Waals surface area contributed by atoms with E-state index in [4.69, 9.17) is 11.6 Å². The highest BCUT2D eigenvalue weighted by Crippen LogP contribution is 2.24. The summed E-state index contributed by atoms with van der Waals surface area (Å²) in [6, 6.07) is 4.86. The van der Waals surface area contributed by atoms with E-state index in [0.29, 0.717) is 11.6 Å². The molecular formula is C13H15ClFN3. The molecular weight excluding hydrogens is 253 g/mol. The van der Waals surface area contributed by atoms with Crippen molar-refractivity contribution in [3.8, 4) is 0 Å². The van der Waals surface area contributed by atoms with Crippen LogP contribution in [-0.4, -0.2) is 9.55 Å². The standard InChI is InChI=1S/C13H15ClFN3/c1-2-3-8-18-9-7-16-13(18)17-11-6-4-5-10(14)12(11)15/h4-7,9H,2-3,8H2,1H3,(H,16,17). The first-order valence-electron chi connectivity index (χ1n) is 5.94. The van der Waals surface area contributed by atoms with Crippen molar-refractivity contribution in [1.29, 1.82) is 0 Å². The summed E-state index contributed by atoms with van der Waals surface area (Å²) in [6.45, 7) is 2.99. The number of nitrogens with zero attached hydrogens (tertiary/aromatic N) is 2. The molecule has 0 fully saturated rings. The molecule has 0 unspecified atom stereocenters. The zero-order chi connectivity index (χ0) is 13.0. The van der Waals surface area contributed by atoms with Gasteiger partial charge in [-0.05, 0) is 18.6 Å². The lowest BCUT2D eigenvalue weighted by molar-refractivity contribution is 0.626. The van der Waals surface area contributed by atoms with Crippen LogP contribution < -0.4 is 5.32 Å². The number of halogens is 2. The van der Waals surface area contributed by atoms with Crippen molar-refractivity contribution >= 4 is 23.2 Å². The van der Waals surface area contributed by atoms with Gasteiger partial charge >= 0.3 is 0 Å². The van der Waals surface area contributed by atoms with Gasteiger partial charge in [-0.1, -0.05) is 31.0 Å². The zero-order valence-electron chi connectivity index (χ0n) is 10.2. The fourth-order valence-electron chi connectivity index (χ4n) is 1.66. The van der Waals surface area contributed by atoms with Crippen molar-refractivity contribution in [2.75, 3.05) is 5.32 Å².